The van der Waals surface area contributed by atoms with E-state index < -0.39 is 21.7 Å². The van der Waals surface area contributed by atoms with Gasteiger partial charge in [-0.25, -0.2) is 13.2 Å². The van der Waals surface area contributed by atoms with Crippen LogP contribution in [0.4, 0.5) is 0 Å². The van der Waals surface area contributed by atoms with Gasteiger partial charge in [0.1, 0.15) is 0 Å². The summed E-state index contributed by atoms with van der Waals surface area (Å²) in [6.45, 7) is 5.70. The van der Waals surface area contributed by atoms with Gasteiger partial charge in [0, 0.05) is 12.1 Å². The number of carbonyl (C=O) groups excluding carboxylic acids is 2. The van der Waals surface area contributed by atoms with Gasteiger partial charge in [-0.2, -0.15) is 4.99 Å². The maximum Gasteiger partial charge on any atom is 0.337 e. The zero-order valence-corrected chi connectivity index (χ0v) is 18.1. The monoisotopic (exact) mass is 444 g/mol. The van der Waals surface area contributed by atoms with Crippen molar-refractivity contribution in [2.24, 2.45) is 4.99 Å². The number of fused-ring (bicyclic) bond motifs is 1. The van der Waals surface area contributed by atoms with Crippen LogP contribution in [-0.2, 0) is 21.1 Å². The van der Waals surface area contributed by atoms with E-state index in [2.05, 4.69) is 11.6 Å². The lowest BCUT2D eigenvalue weighted by atomic mass is 10.2. The fraction of sp³-hybridized carbons (Fsp3) is 0.190. The van der Waals surface area contributed by atoms with Crippen LogP contribution in [-0.4, -0.2) is 37.7 Å². The first-order valence-corrected chi connectivity index (χ1v) is 11.5. The van der Waals surface area contributed by atoms with Crippen molar-refractivity contribution in [1.82, 2.24) is 4.57 Å². The number of nitrogens with zero attached hydrogens (tertiary/aromatic N) is 2. The molecule has 9 heteroatoms. The summed E-state index contributed by atoms with van der Waals surface area (Å²) >= 11 is 1.24. The predicted octanol–water partition coefficient (Wildman–Crippen LogP) is 3.21. The van der Waals surface area contributed by atoms with E-state index in [1.807, 2.05) is 0 Å². The average Bonchev–Trinajstić information content (AvgIpc) is 3.09. The molecule has 3 rings (SSSR count). The lowest BCUT2D eigenvalue weighted by Crippen LogP contribution is -2.16. The largest absolute Gasteiger partial charge is 0.465 e. The average molecular weight is 445 g/mol. The molecule has 1 aromatic heterocycles. The zero-order chi connectivity index (χ0) is 21.9. The molecule has 0 saturated carbocycles. The summed E-state index contributed by atoms with van der Waals surface area (Å²) in [7, 11) is -2.12. The summed E-state index contributed by atoms with van der Waals surface area (Å²) in [5.74, 6) is -1.07. The van der Waals surface area contributed by atoms with Gasteiger partial charge >= 0.3 is 5.97 Å². The van der Waals surface area contributed by atoms with Gasteiger partial charge < -0.3 is 9.30 Å². The number of rotatable bonds is 6. The second kappa shape index (κ2) is 8.76. The Balaban J connectivity index is 2.12. The molecule has 30 heavy (non-hydrogen) atoms. The van der Waals surface area contributed by atoms with Crippen LogP contribution in [0.2, 0.25) is 0 Å². The smallest absolute Gasteiger partial charge is 0.337 e. The van der Waals surface area contributed by atoms with E-state index in [4.69, 9.17) is 4.74 Å². The van der Waals surface area contributed by atoms with Crippen molar-refractivity contribution in [3.8, 4) is 0 Å². The quantitative estimate of drug-likeness (QED) is 0.430. The number of esters is 1. The van der Waals surface area contributed by atoms with Crippen molar-refractivity contribution in [3.05, 3.63) is 71.0 Å². The number of thiazole rings is 1. The molecule has 0 bridgehead atoms. The highest BCUT2D eigenvalue weighted by Gasteiger charge is 2.15. The van der Waals surface area contributed by atoms with Gasteiger partial charge in [-0.3, -0.25) is 4.79 Å². The van der Waals surface area contributed by atoms with Crippen LogP contribution >= 0.6 is 11.3 Å². The topological polar surface area (TPSA) is 94.8 Å². The Hall–Kier alpha value is -3.04. The molecule has 156 valence electrons. The Morgan fingerprint density at radius 1 is 1.20 bits per heavy atom. The SMILES string of the molecule is C=CCn1c(=NC(=O)c2cccc(S(=O)(=O)CC)c2)sc2cc(C(=O)OC)ccc21. The number of carbonyl (C=O) groups is 2. The van der Waals surface area contributed by atoms with E-state index in [0.717, 1.165) is 10.2 Å². The highest BCUT2D eigenvalue weighted by atomic mass is 32.2. The Morgan fingerprint density at radius 3 is 2.63 bits per heavy atom. The standard InChI is InChI=1S/C21H20N2O5S2/c1-4-11-23-17-10-9-15(20(25)28-3)13-18(17)29-21(23)22-19(24)14-7-6-8-16(12-14)30(26,27)5-2/h4,6-10,12-13H,1,5,11H2,2-3H3. The van der Waals surface area contributed by atoms with Crippen LogP contribution in [0.15, 0.2) is 65.0 Å². The van der Waals surface area contributed by atoms with Gasteiger partial charge in [-0.15, -0.1) is 6.58 Å². The molecule has 0 saturated heterocycles. The minimum absolute atomic E-state index is 0.0556. The maximum absolute atomic E-state index is 12.8. The molecule has 0 radical (unpaired) electrons. The van der Waals surface area contributed by atoms with E-state index in [1.165, 1.54) is 42.7 Å². The highest BCUT2D eigenvalue weighted by Crippen LogP contribution is 2.20. The third-order valence-corrected chi connectivity index (χ3v) is 7.21. The Morgan fingerprint density at radius 2 is 1.97 bits per heavy atom. The number of methoxy groups -OCH3 is 1. The molecule has 0 N–H and O–H groups in total. The van der Waals surface area contributed by atoms with Crippen molar-refractivity contribution >= 4 is 43.3 Å². The molecule has 1 amide bonds. The summed E-state index contributed by atoms with van der Waals surface area (Å²) in [5, 5.41) is 0. The number of benzene rings is 2. The van der Waals surface area contributed by atoms with Crippen LogP contribution in [0.25, 0.3) is 10.2 Å². The second-order valence-electron chi connectivity index (χ2n) is 6.31. The molecule has 0 atom stereocenters. The predicted molar refractivity (Wildman–Crippen MR) is 115 cm³/mol. The van der Waals surface area contributed by atoms with Crippen LogP contribution in [0.5, 0.6) is 0 Å². The number of aromatic nitrogens is 1. The van der Waals surface area contributed by atoms with Crippen molar-refractivity contribution in [1.29, 1.82) is 0 Å². The molecular formula is C21H20N2O5S2. The Kier molecular flexibility index (Phi) is 6.33. The molecule has 0 aliphatic carbocycles. The molecule has 1 heterocycles. The Labute approximate surface area is 177 Å². The summed E-state index contributed by atoms with van der Waals surface area (Å²) in [6.07, 6.45) is 1.68. The second-order valence-corrected chi connectivity index (χ2v) is 9.59. The van der Waals surface area contributed by atoms with Crippen LogP contribution < -0.4 is 4.80 Å². The number of ether oxygens (including phenoxy) is 1. The number of amides is 1. The summed E-state index contributed by atoms with van der Waals surface area (Å²) in [4.78, 5) is 29.3. The van der Waals surface area contributed by atoms with E-state index in [0.29, 0.717) is 16.9 Å². The van der Waals surface area contributed by atoms with E-state index >= 15 is 0 Å². The fourth-order valence-corrected chi connectivity index (χ4v) is 4.85. The summed E-state index contributed by atoms with van der Waals surface area (Å²) in [6, 6.07) is 10.9. The lowest BCUT2D eigenvalue weighted by Gasteiger charge is -2.03. The van der Waals surface area contributed by atoms with Gasteiger partial charge in [0.25, 0.3) is 5.91 Å². The van der Waals surface area contributed by atoms with Gasteiger partial charge in [-0.1, -0.05) is 30.4 Å². The fourth-order valence-electron chi connectivity index (χ4n) is 2.85. The van der Waals surface area contributed by atoms with Gasteiger partial charge in [-0.05, 0) is 36.4 Å². The number of hydrogen-bond donors (Lipinski definition) is 0. The number of sulfone groups is 1. The molecule has 0 aliphatic heterocycles. The first-order chi connectivity index (χ1) is 14.3. The number of hydrogen-bond acceptors (Lipinski definition) is 6. The van der Waals surface area contributed by atoms with Crippen molar-refractivity contribution in [2.45, 2.75) is 18.4 Å². The third kappa shape index (κ3) is 4.27. The molecule has 7 nitrogen and oxygen atoms in total. The maximum atomic E-state index is 12.8. The first kappa shape index (κ1) is 21.7. The first-order valence-electron chi connectivity index (χ1n) is 9.05. The molecule has 2 aromatic carbocycles. The van der Waals surface area contributed by atoms with Gasteiger partial charge in [0.15, 0.2) is 14.6 Å². The Bertz CT molecular complexity index is 1320. The summed E-state index contributed by atoms with van der Waals surface area (Å²) < 4.78 is 31.5. The molecule has 0 aliphatic rings. The van der Waals surface area contributed by atoms with Crippen LogP contribution in [0, 0.1) is 0 Å². The van der Waals surface area contributed by atoms with Crippen molar-refractivity contribution < 1.29 is 22.7 Å². The molecule has 3 aromatic rings. The van der Waals surface area contributed by atoms with Gasteiger partial charge in [0.05, 0.1) is 33.5 Å². The van der Waals surface area contributed by atoms with Crippen LogP contribution in [0.3, 0.4) is 0 Å². The minimum Gasteiger partial charge on any atom is -0.465 e. The van der Waals surface area contributed by atoms with E-state index in [-0.39, 0.29) is 16.2 Å². The van der Waals surface area contributed by atoms with Crippen LogP contribution in [0.1, 0.15) is 27.6 Å². The van der Waals surface area contributed by atoms with Crippen molar-refractivity contribution in [3.63, 3.8) is 0 Å². The molecule has 0 fully saturated rings. The molecular weight excluding hydrogens is 424 g/mol. The molecule has 0 unspecified atom stereocenters. The normalized spacial score (nSPS) is 12.1. The van der Waals surface area contributed by atoms with E-state index in [1.54, 1.807) is 35.8 Å². The highest BCUT2D eigenvalue weighted by molar-refractivity contribution is 7.91. The lowest BCUT2D eigenvalue weighted by molar-refractivity contribution is 0.0600. The zero-order valence-electron chi connectivity index (χ0n) is 16.5. The molecule has 0 spiro atoms. The minimum atomic E-state index is -3.43. The van der Waals surface area contributed by atoms with Gasteiger partial charge in [0.2, 0.25) is 0 Å². The van der Waals surface area contributed by atoms with E-state index in [9.17, 15) is 18.0 Å². The number of allylic oxidation sites excluding steroid dienone is 1. The summed E-state index contributed by atoms with van der Waals surface area (Å²) in [5.41, 5.74) is 1.37. The third-order valence-electron chi connectivity index (χ3n) is 4.43. The van der Waals surface area contributed by atoms with Crippen molar-refractivity contribution in [2.75, 3.05) is 12.9 Å².